The Kier molecular flexibility index (Phi) is 9.48. The Morgan fingerprint density at radius 1 is 1.23 bits per heavy atom. The molecule has 0 amide bonds. The average Bonchev–Trinajstić information content (AvgIpc) is 3.32. The quantitative estimate of drug-likeness (QED) is 0.453. The number of ether oxygens (including phenoxy) is 1. The topological polar surface area (TPSA) is 48.9 Å². The second kappa shape index (κ2) is 10.8. The van der Waals surface area contributed by atoms with Crippen LogP contribution in [0.1, 0.15) is 46.5 Å². The van der Waals surface area contributed by atoms with E-state index in [1.165, 1.54) is 25.7 Å². The van der Waals surface area contributed by atoms with E-state index in [-0.39, 0.29) is 0 Å². The van der Waals surface area contributed by atoms with Crippen molar-refractivity contribution in [1.82, 2.24) is 15.5 Å². The lowest BCUT2D eigenvalue weighted by Crippen LogP contribution is -2.45. The molecule has 0 bridgehead atoms. The third-order valence-electron chi connectivity index (χ3n) is 4.12. The summed E-state index contributed by atoms with van der Waals surface area (Å²) < 4.78 is 5.20. The van der Waals surface area contributed by atoms with Crippen molar-refractivity contribution in [3.05, 3.63) is 0 Å². The van der Waals surface area contributed by atoms with E-state index in [0.717, 1.165) is 44.2 Å². The van der Waals surface area contributed by atoms with Gasteiger partial charge in [0.05, 0.1) is 6.61 Å². The molecule has 1 unspecified atom stereocenters. The zero-order valence-corrected chi connectivity index (χ0v) is 15.2. The number of nitrogens with one attached hydrogen (secondary N) is 2. The van der Waals surface area contributed by atoms with Crippen molar-refractivity contribution < 1.29 is 4.74 Å². The van der Waals surface area contributed by atoms with Crippen LogP contribution in [-0.4, -0.2) is 63.3 Å². The van der Waals surface area contributed by atoms with Crippen LogP contribution in [-0.2, 0) is 4.74 Å². The van der Waals surface area contributed by atoms with Crippen LogP contribution in [0.4, 0.5) is 0 Å². The van der Waals surface area contributed by atoms with Gasteiger partial charge in [0.2, 0.25) is 0 Å². The Balaban J connectivity index is 2.22. The Morgan fingerprint density at radius 3 is 2.50 bits per heavy atom. The highest BCUT2D eigenvalue weighted by atomic mass is 16.5. The van der Waals surface area contributed by atoms with Gasteiger partial charge in [0.25, 0.3) is 0 Å². The predicted octanol–water partition coefficient (Wildman–Crippen LogP) is 2.09. The van der Waals surface area contributed by atoms with Gasteiger partial charge in [-0.15, -0.1) is 0 Å². The number of methoxy groups -OCH3 is 1. The fourth-order valence-electron chi connectivity index (χ4n) is 2.53. The Hall–Kier alpha value is -0.810. The molecule has 1 saturated carbocycles. The molecule has 0 spiro atoms. The van der Waals surface area contributed by atoms with Crippen LogP contribution in [0, 0.1) is 5.92 Å². The van der Waals surface area contributed by atoms with Crippen LogP contribution in [0.3, 0.4) is 0 Å². The zero-order valence-electron chi connectivity index (χ0n) is 15.2. The van der Waals surface area contributed by atoms with E-state index >= 15 is 0 Å². The standard InChI is InChI=1S/C17H36N4O/c1-14(2)6-7-15(3)20-17(18-4)19-10-11-21(12-13-22-5)16-8-9-16/h14-16H,6-13H2,1-5H3,(H2,18,19,20). The van der Waals surface area contributed by atoms with Crippen LogP contribution in [0.2, 0.25) is 0 Å². The summed E-state index contributed by atoms with van der Waals surface area (Å²) in [6.07, 6.45) is 5.10. The van der Waals surface area contributed by atoms with Gasteiger partial charge in [0.1, 0.15) is 0 Å². The van der Waals surface area contributed by atoms with Gasteiger partial charge in [-0.25, -0.2) is 0 Å². The van der Waals surface area contributed by atoms with Gasteiger partial charge in [-0.3, -0.25) is 9.89 Å². The van der Waals surface area contributed by atoms with Gasteiger partial charge in [-0.1, -0.05) is 13.8 Å². The van der Waals surface area contributed by atoms with Crippen molar-refractivity contribution >= 4 is 5.96 Å². The molecule has 0 aliphatic heterocycles. The first-order valence-electron chi connectivity index (χ1n) is 8.77. The molecule has 2 N–H and O–H groups in total. The molecule has 1 fully saturated rings. The van der Waals surface area contributed by atoms with E-state index in [9.17, 15) is 0 Å². The van der Waals surface area contributed by atoms with Gasteiger partial charge in [0, 0.05) is 45.9 Å². The number of hydrogen-bond acceptors (Lipinski definition) is 3. The lowest BCUT2D eigenvalue weighted by atomic mass is 10.0. The van der Waals surface area contributed by atoms with E-state index in [1.807, 2.05) is 7.05 Å². The second-order valence-electron chi connectivity index (χ2n) is 6.78. The van der Waals surface area contributed by atoms with Crippen molar-refractivity contribution in [3.8, 4) is 0 Å². The minimum absolute atomic E-state index is 0.460. The van der Waals surface area contributed by atoms with Crippen molar-refractivity contribution in [2.24, 2.45) is 10.9 Å². The molecule has 5 nitrogen and oxygen atoms in total. The number of hydrogen-bond donors (Lipinski definition) is 2. The van der Waals surface area contributed by atoms with Crippen molar-refractivity contribution in [2.75, 3.05) is 40.4 Å². The van der Waals surface area contributed by atoms with Gasteiger partial charge in [-0.2, -0.15) is 0 Å². The van der Waals surface area contributed by atoms with Gasteiger partial charge in [0.15, 0.2) is 5.96 Å². The normalized spacial score (nSPS) is 17.1. The fraction of sp³-hybridized carbons (Fsp3) is 0.941. The van der Waals surface area contributed by atoms with E-state index in [4.69, 9.17) is 4.74 Å². The molecule has 1 aliphatic rings. The molecule has 0 radical (unpaired) electrons. The molecule has 0 aromatic rings. The second-order valence-corrected chi connectivity index (χ2v) is 6.78. The Morgan fingerprint density at radius 2 is 1.95 bits per heavy atom. The molecule has 1 aliphatic carbocycles. The van der Waals surface area contributed by atoms with Crippen LogP contribution in [0.25, 0.3) is 0 Å². The molecule has 0 saturated heterocycles. The van der Waals surface area contributed by atoms with Gasteiger partial charge < -0.3 is 15.4 Å². The van der Waals surface area contributed by atoms with E-state index in [2.05, 4.69) is 41.3 Å². The van der Waals surface area contributed by atoms with Gasteiger partial charge in [-0.05, 0) is 38.5 Å². The molecule has 1 rings (SSSR count). The van der Waals surface area contributed by atoms with Crippen molar-refractivity contribution in [2.45, 2.75) is 58.5 Å². The highest BCUT2D eigenvalue weighted by molar-refractivity contribution is 5.79. The summed E-state index contributed by atoms with van der Waals surface area (Å²) in [5, 5.41) is 6.91. The first-order valence-corrected chi connectivity index (χ1v) is 8.77. The fourth-order valence-corrected chi connectivity index (χ4v) is 2.53. The SMILES string of the molecule is CN=C(NCCN(CCOC)C1CC1)NC(C)CCC(C)C. The Labute approximate surface area is 136 Å². The van der Waals surface area contributed by atoms with E-state index in [1.54, 1.807) is 7.11 Å². The van der Waals surface area contributed by atoms with Crippen LogP contribution in [0.15, 0.2) is 4.99 Å². The molecular formula is C17H36N4O. The zero-order chi connectivity index (χ0) is 16.4. The number of guanidine groups is 1. The molecule has 22 heavy (non-hydrogen) atoms. The highest BCUT2D eigenvalue weighted by Gasteiger charge is 2.28. The molecule has 0 heterocycles. The van der Waals surface area contributed by atoms with E-state index < -0.39 is 0 Å². The number of nitrogens with zero attached hydrogens (tertiary/aromatic N) is 2. The summed E-state index contributed by atoms with van der Waals surface area (Å²) in [7, 11) is 3.61. The minimum Gasteiger partial charge on any atom is -0.383 e. The largest absolute Gasteiger partial charge is 0.383 e. The summed E-state index contributed by atoms with van der Waals surface area (Å²) >= 11 is 0. The molecule has 0 aromatic carbocycles. The molecule has 130 valence electrons. The summed E-state index contributed by atoms with van der Waals surface area (Å²) in [5.41, 5.74) is 0. The first-order chi connectivity index (χ1) is 10.6. The van der Waals surface area contributed by atoms with Crippen molar-refractivity contribution in [1.29, 1.82) is 0 Å². The average molecular weight is 313 g/mol. The maximum Gasteiger partial charge on any atom is 0.191 e. The molecular weight excluding hydrogens is 276 g/mol. The summed E-state index contributed by atoms with van der Waals surface area (Å²) in [6.45, 7) is 10.6. The van der Waals surface area contributed by atoms with Crippen molar-refractivity contribution in [3.63, 3.8) is 0 Å². The Bertz CT molecular complexity index is 316. The van der Waals surface area contributed by atoms with Gasteiger partial charge >= 0.3 is 0 Å². The highest BCUT2D eigenvalue weighted by Crippen LogP contribution is 2.25. The molecule has 5 heteroatoms. The maximum atomic E-state index is 5.20. The maximum absolute atomic E-state index is 5.20. The molecule has 0 aromatic heterocycles. The number of rotatable bonds is 11. The van der Waals surface area contributed by atoms with E-state index in [0.29, 0.717) is 6.04 Å². The summed E-state index contributed by atoms with van der Waals surface area (Å²) in [5.74, 6) is 1.67. The predicted molar refractivity (Wildman–Crippen MR) is 94.5 cm³/mol. The monoisotopic (exact) mass is 312 g/mol. The smallest absolute Gasteiger partial charge is 0.191 e. The number of aliphatic imine (C=N–C) groups is 1. The third kappa shape index (κ3) is 8.59. The lowest BCUT2D eigenvalue weighted by Gasteiger charge is -2.23. The van der Waals surface area contributed by atoms with Crippen LogP contribution < -0.4 is 10.6 Å². The third-order valence-corrected chi connectivity index (χ3v) is 4.12. The minimum atomic E-state index is 0.460. The lowest BCUT2D eigenvalue weighted by molar-refractivity contribution is 0.144. The van der Waals surface area contributed by atoms with Crippen LogP contribution in [0.5, 0.6) is 0 Å². The first kappa shape index (κ1) is 19.2. The summed E-state index contributed by atoms with van der Waals surface area (Å²) in [4.78, 5) is 6.85. The van der Waals surface area contributed by atoms with Crippen LogP contribution >= 0.6 is 0 Å². The summed E-state index contributed by atoms with van der Waals surface area (Å²) in [6, 6.07) is 1.23. The molecule has 1 atom stereocenters.